The van der Waals surface area contributed by atoms with Gasteiger partial charge < -0.3 is 9.64 Å². The maximum absolute atomic E-state index is 12.8. The van der Waals surface area contributed by atoms with Gasteiger partial charge in [-0.05, 0) is 24.3 Å². The Kier molecular flexibility index (Phi) is 5.43. The van der Waals surface area contributed by atoms with Gasteiger partial charge >= 0.3 is 6.18 Å². The van der Waals surface area contributed by atoms with E-state index in [0.29, 0.717) is 25.5 Å². The van der Waals surface area contributed by atoms with Crippen LogP contribution in [0.25, 0.3) is 0 Å². The second-order valence-electron chi connectivity index (χ2n) is 5.89. The zero-order valence-electron chi connectivity index (χ0n) is 13.7. The third-order valence-electron chi connectivity index (χ3n) is 4.19. The topological polar surface area (TPSA) is 28.6 Å². The number of ether oxygens (including phenoxy) is 1. The number of rotatable bonds is 5. The number of nitrogens with zero attached hydrogens (tertiary/aromatic N) is 3. The summed E-state index contributed by atoms with van der Waals surface area (Å²) in [7, 11) is 0. The van der Waals surface area contributed by atoms with Crippen LogP contribution in [0.5, 0.6) is 5.75 Å². The number of pyridine rings is 1. The van der Waals surface area contributed by atoms with E-state index in [4.69, 9.17) is 4.74 Å². The number of hydrogen-bond donors (Lipinski definition) is 0. The van der Waals surface area contributed by atoms with Gasteiger partial charge in [-0.15, -0.1) is 0 Å². The molecule has 0 radical (unpaired) electrons. The summed E-state index contributed by atoms with van der Waals surface area (Å²) >= 11 is 0. The maximum Gasteiger partial charge on any atom is 0.416 e. The third-order valence-corrected chi connectivity index (χ3v) is 4.19. The first-order valence-electron chi connectivity index (χ1n) is 8.21. The first-order valence-corrected chi connectivity index (χ1v) is 8.21. The largest absolute Gasteiger partial charge is 0.492 e. The predicted octanol–water partition coefficient (Wildman–Crippen LogP) is 3.30. The summed E-state index contributed by atoms with van der Waals surface area (Å²) in [6, 6.07) is 11.7. The molecular formula is C18H20F3N3O. The fourth-order valence-electron chi connectivity index (χ4n) is 2.78. The summed E-state index contributed by atoms with van der Waals surface area (Å²) in [4.78, 5) is 8.22. The second kappa shape index (κ2) is 7.74. The van der Waals surface area contributed by atoms with Gasteiger partial charge in [0.25, 0.3) is 0 Å². The lowest BCUT2D eigenvalue weighted by atomic mass is 10.2. The number of benzene rings is 1. The normalized spacial score (nSPS) is 16.0. The van der Waals surface area contributed by atoms with Gasteiger partial charge in [-0.1, -0.05) is 18.2 Å². The Hall–Kier alpha value is -2.28. The van der Waals surface area contributed by atoms with Gasteiger partial charge in [0.2, 0.25) is 0 Å². The lowest BCUT2D eigenvalue weighted by Gasteiger charge is -2.35. The molecule has 0 bridgehead atoms. The zero-order valence-corrected chi connectivity index (χ0v) is 13.7. The molecule has 1 aliphatic heterocycles. The maximum atomic E-state index is 12.8. The van der Waals surface area contributed by atoms with Crippen LogP contribution in [0.3, 0.4) is 0 Å². The van der Waals surface area contributed by atoms with E-state index < -0.39 is 11.7 Å². The molecule has 25 heavy (non-hydrogen) atoms. The van der Waals surface area contributed by atoms with Crippen molar-refractivity contribution in [3.63, 3.8) is 0 Å². The van der Waals surface area contributed by atoms with Crippen LogP contribution in [0.15, 0.2) is 48.7 Å². The molecule has 1 aliphatic rings. The van der Waals surface area contributed by atoms with Crippen LogP contribution >= 0.6 is 0 Å². The van der Waals surface area contributed by atoms with Crippen molar-refractivity contribution in [2.45, 2.75) is 6.18 Å². The third kappa shape index (κ3) is 4.85. The van der Waals surface area contributed by atoms with Gasteiger partial charge in [0.15, 0.2) is 0 Å². The first kappa shape index (κ1) is 17.5. The predicted molar refractivity (Wildman–Crippen MR) is 89.8 cm³/mol. The summed E-state index contributed by atoms with van der Waals surface area (Å²) < 4.78 is 44.1. The fraction of sp³-hybridized carbons (Fsp3) is 0.389. The van der Waals surface area contributed by atoms with Crippen molar-refractivity contribution in [1.29, 1.82) is 0 Å². The minimum atomic E-state index is -4.34. The molecule has 0 spiro atoms. The van der Waals surface area contributed by atoms with E-state index >= 15 is 0 Å². The van der Waals surface area contributed by atoms with Crippen LogP contribution in [0, 0.1) is 0 Å². The molecule has 0 N–H and O–H groups in total. The Morgan fingerprint density at radius 3 is 2.40 bits per heavy atom. The Labute approximate surface area is 144 Å². The monoisotopic (exact) mass is 351 g/mol. The number of para-hydroxylation sites is 1. The molecule has 7 heteroatoms. The quantitative estimate of drug-likeness (QED) is 0.826. The molecule has 1 aromatic heterocycles. The summed E-state index contributed by atoms with van der Waals surface area (Å²) in [6.07, 6.45) is -3.12. The van der Waals surface area contributed by atoms with Crippen molar-refractivity contribution in [1.82, 2.24) is 9.88 Å². The van der Waals surface area contributed by atoms with Crippen molar-refractivity contribution in [2.75, 3.05) is 44.2 Å². The first-order chi connectivity index (χ1) is 12.0. The smallest absolute Gasteiger partial charge is 0.416 e. The highest BCUT2D eigenvalue weighted by atomic mass is 19.4. The highest BCUT2D eigenvalue weighted by Crippen LogP contribution is 2.30. The molecular weight excluding hydrogens is 331 g/mol. The highest BCUT2D eigenvalue weighted by molar-refractivity contribution is 5.42. The highest BCUT2D eigenvalue weighted by Gasteiger charge is 2.31. The lowest BCUT2D eigenvalue weighted by Crippen LogP contribution is -2.47. The van der Waals surface area contributed by atoms with E-state index in [-0.39, 0.29) is 0 Å². The molecule has 0 amide bonds. The number of aromatic nitrogens is 1. The van der Waals surface area contributed by atoms with E-state index in [1.165, 1.54) is 6.20 Å². The minimum absolute atomic E-state index is 0.384. The molecule has 1 fully saturated rings. The average Bonchev–Trinajstić information content (AvgIpc) is 2.63. The van der Waals surface area contributed by atoms with E-state index in [1.807, 2.05) is 35.2 Å². The summed E-state index contributed by atoms with van der Waals surface area (Å²) in [6.45, 7) is 4.23. The van der Waals surface area contributed by atoms with E-state index in [1.54, 1.807) is 0 Å². The second-order valence-corrected chi connectivity index (χ2v) is 5.89. The molecule has 2 heterocycles. The Balaban J connectivity index is 1.47. The van der Waals surface area contributed by atoms with E-state index in [0.717, 1.165) is 37.5 Å². The van der Waals surface area contributed by atoms with Crippen LogP contribution in [0.1, 0.15) is 5.56 Å². The number of alkyl halides is 3. The van der Waals surface area contributed by atoms with Crippen LogP contribution in [0.4, 0.5) is 19.0 Å². The van der Waals surface area contributed by atoms with Crippen LogP contribution in [-0.4, -0.2) is 49.2 Å². The molecule has 1 saturated heterocycles. The van der Waals surface area contributed by atoms with Gasteiger partial charge in [-0.3, -0.25) is 4.90 Å². The molecule has 1 aromatic carbocycles. The number of piperazine rings is 1. The van der Waals surface area contributed by atoms with Crippen molar-refractivity contribution in [3.05, 3.63) is 54.2 Å². The van der Waals surface area contributed by atoms with Crippen LogP contribution in [0.2, 0.25) is 0 Å². The SMILES string of the molecule is FC(F)(F)c1ccnc(N2CCN(CCOc3ccccc3)CC2)c1. The lowest BCUT2D eigenvalue weighted by molar-refractivity contribution is -0.137. The van der Waals surface area contributed by atoms with Crippen molar-refractivity contribution < 1.29 is 17.9 Å². The number of halogens is 3. The van der Waals surface area contributed by atoms with Gasteiger partial charge in [-0.25, -0.2) is 4.98 Å². The molecule has 2 aromatic rings. The Bertz CT molecular complexity index is 671. The molecule has 3 rings (SSSR count). The van der Waals surface area contributed by atoms with Gasteiger partial charge in [0.05, 0.1) is 5.56 Å². The molecule has 0 saturated carbocycles. The van der Waals surface area contributed by atoms with Gasteiger partial charge in [-0.2, -0.15) is 13.2 Å². The summed E-state index contributed by atoms with van der Waals surface area (Å²) in [5.74, 6) is 1.23. The van der Waals surface area contributed by atoms with Crippen molar-refractivity contribution >= 4 is 5.82 Å². The average molecular weight is 351 g/mol. The Morgan fingerprint density at radius 2 is 1.72 bits per heavy atom. The fourth-order valence-corrected chi connectivity index (χ4v) is 2.78. The molecule has 0 unspecified atom stereocenters. The molecule has 4 nitrogen and oxygen atoms in total. The summed E-state index contributed by atoms with van der Waals surface area (Å²) in [5, 5.41) is 0. The molecule has 0 atom stereocenters. The minimum Gasteiger partial charge on any atom is -0.492 e. The number of hydrogen-bond acceptors (Lipinski definition) is 4. The molecule has 0 aliphatic carbocycles. The van der Waals surface area contributed by atoms with Crippen molar-refractivity contribution in [3.8, 4) is 5.75 Å². The summed E-state index contributed by atoms with van der Waals surface area (Å²) in [5.41, 5.74) is -0.656. The number of anilines is 1. The van der Waals surface area contributed by atoms with Gasteiger partial charge in [0, 0.05) is 38.9 Å². The zero-order chi connectivity index (χ0) is 17.7. The Morgan fingerprint density at radius 1 is 1.00 bits per heavy atom. The molecule has 134 valence electrons. The van der Waals surface area contributed by atoms with Crippen molar-refractivity contribution in [2.24, 2.45) is 0 Å². The van der Waals surface area contributed by atoms with Crippen LogP contribution in [-0.2, 0) is 6.18 Å². The van der Waals surface area contributed by atoms with E-state index in [2.05, 4.69) is 9.88 Å². The van der Waals surface area contributed by atoms with Gasteiger partial charge in [0.1, 0.15) is 18.2 Å². The van der Waals surface area contributed by atoms with E-state index in [9.17, 15) is 13.2 Å². The van der Waals surface area contributed by atoms with Crippen LogP contribution < -0.4 is 9.64 Å². The standard InChI is InChI=1S/C18H20F3N3O/c19-18(20,21)15-6-7-22-17(14-15)24-10-8-23(9-11-24)12-13-25-16-4-2-1-3-5-16/h1-7,14H,8-13H2.